The molecule has 8 nitrogen and oxygen atoms in total. The van der Waals surface area contributed by atoms with Crippen molar-refractivity contribution in [2.45, 2.75) is 33.4 Å². The van der Waals surface area contributed by atoms with Gasteiger partial charge in [0.2, 0.25) is 5.95 Å². The lowest BCUT2D eigenvalue weighted by atomic mass is 9.96. The van der Waals surface area contributed by atoms with Crippen LogP contribution in [0, 0.1) is 6.92 Å². The van der Waals surface area contributed by atoms with Crippen LogP contribution in [0.25, 0.3) is 0 Å². The molecule has 0 aliphatic carbocycles. The summed E-state index contributed by atoms with van der Waals surface area (Å²) < 4.78 is 12.8. The quantitative estimate of drug-likeness (QED) is 0.628. The van der Waals surface area contributed by atoms with Crippen molar-refractivity contribution in [3.63, 3.8) is 0 Å². The first-order valence-electron chi connectivity index (χ1n) is 9.78. The maximum Gasteiger partial charge on any atom is 0.338 e. The number of carbonyl (C=O) groups is 1. The van der Waals surface area contributed by atoms with E-state index in [1.165, 1.54) is 5.56 Å². The summed E-state index contributed by atoms with van der Waals surface area (Å²) in [5.41, 5.74) is 4.32. The summed E-state index contributed by atoms with van der Waals surface area (Å²) in [7, 11) is 0. The highest BCUT2D eigenvalue weighted by molar-refractivity contribution is 5.92. The Labute approximate surface area is 174 Å². The van der Waals surface area contributed by atoms with Crippen molar-refractivity contribution in [2.75, 3.05) is 11.9 Å². The molecule has 8 heteroatoms. The monoisotopic (exact) mass is 405 g/mol. The number of rotatable bonds is 6. The molecule has 2 heterocycles. The van der Waals surface area contributed by atoms with Crippen LogP contribution in [0.1, 0.15) is 36.6 Å². The summed E-state index contributed by atoms with van der Waals surface area (Å²) >= 11 is 0. The Morgan fingerprint density at radius 3 is 2.53 bits per heavy atom. The van der Waals surface area contributed by atoms with E-state index < -0.39 is 12.0 Å². The van der Waals surface area contributed by atoms with Gasteiger partial charge in [0.25, 0.3) is 0 Å². The lowest BCUT2D eigenvalue weighted by molar-refractivity contribution is -0.139. The molecule has 0 radical (unpaired) electrons. The van der Waals surface area contributed by atoms with Gasteiger partial charge in [-0.1, -0.05) is 47.1 Å². The minimum absolute atomic E-state index is 0.288. The molecule has 1 aromatic heterocycles. The number of carbonyl (C=O) groups excluding carboxylic acids is 1. The van der Waals surface area contributed by atoms with Gasteiger partial charge >= 0.3 is 5.97 Å². The molecule has 0 spiro atoms. The van der Waals surface area contributed by atoms with E-state index in [9.17, 15) is 4.79 Å². The van der Waals surface area contributed by atoms with Gasteiger partial charge in [0.05, 0.1) is 12.2 Å². The van der Waals surface area contributed by atoms with Gasteiger partial charge in [-0.25, -0.2) is 4.79 Å². The molecular weight excluding hydrogens is 382 g/mol. The highest BCUT2D eigenvalue weighted by atomic mass is 16.5. The van der Waals surface area contributed by atoms with Crippen LogP contribution in [0.5, 0.6) is 5.75 Å². The van der Waals surface area contributed by atoms with Crippen molar-refractivity contribution in [1.82, 2.24) is 20.2 Å². The molecule has 1 N–H and O–H groups in total. The Balaban J connectivity index is 1.58. The Bertz CT molecular complexity index is 1070. The number of hydrogen-bond acceptors (Lipinski definition) is 7. The van der Waals surface area contributed by atoms with Crippen molar-refractivity contribution in [2.24, 2.45) is 0 Å². The van der Waals surface area contributed by atoms with Crippen LogP contribution in [0.2, 0.25) is 0 Å². The third-order valence-electron chi connectivity index (χ3n) is 4.93. The third-order valence-corrected chi connectivity index (χ3v) is 4.93. The fourth-order valence-corrected chi connectivity index (χ4v) is 3.39. The molecule has 3 aromatic rings. The van der Waals surface area contributed by atoms with Crippen LogP contribution in [-0.4, -0.2) is 32.8 Å². The zero-order valence-corrected chi connectivity index (χ0v) is 17.1. The van der Waals surface area contributed by atoms with Gasteiger partial charge in [-0.15, -0.1) is 0 Å². The number of allylic oxidation sites excluding steroid dienone is 1. The standard InChI is InChI=1S/C22H23N5O3/c1-4-29-21(28)19-15(3)23-22-24-25-26-27(22)20(19)17-9-11-18(12-10-17)30-13-16-7-5-14(2)6-8-16/h5-12,20H,4,13H2,1-3H3,(H,23,24,26). The van der Waals surface area contributed by atoms with Crippen LogP contribution in [0.3, 0.4) is 0 Å². The van der Waals surface area contributed by atoms with Crippen LogP contribution >= 0.6 is 0 Å². The summed E-state index contributed by atoms with van der Waals surface area (Å²) in [4.78, 5) is 12.6. The van der Waals surface area contributed by atoms with Gasteiger partial charge in [-0.2, -0.15) is 4.68 Å². The number of aromatic nitrogens is 4. The summed E-state index contributed by atoms with van der Waals surface area (Å²) in [6.45, 7) is 6.42. The van der Waals surface area contributed by atoms with Gasteiger partial charge in [-0.3, -0.25) is 0 Å². The highest BCUT2D eigenvalue weighted by Crippen LogP contribution is 2.35. The molecule has 2 aromatic carbocycles. The van der Waals surface area contributed by atoms with E-state index in [1.807, 2.05) is 31.2 Å². The van der Waals surface area contributed by atoms with Crippen molar-refractivity contribution >= 4 is 11.9 Å². The number of esters is 1. The fraction of sp³-hybridized carbons (Fsp3) is 0.273. The van der Waals surface area contributed by atoms with Gasteiger partial charge in [0.1, 0.15) is 18.4 Å². The SMILES string of the molecule is CCOC(=O)C1=C(C)Nc2nnnn2C1c1ccc(OCc2ccc(C)cc2)cc1. The maximum absolute atomic E-state index is 12.6. The predicted molar refractivity (Wildman–Crippen MR) is 111 cm³/mol. The molecule has 0 bridgehead atoms. The summed E-state index contributed by atoms with van der Waals surface area (Å²) in [6, 6.07) is 15.3. The Morgan fingerprint density at radius 1 is 1.10 bits per heavy atom. The lowest BCUT2D eigenvalue weighted by Crippen LogP contribution is -2.29. The number of nitrogens with zero attached hydrogens (tertiary/aromatic N) is 4. The molecule has 1 aliphatic heterocycles. The molecular formula is C22H23N5O3. The maximum atomic E-state index is 12.6. The number of fused-ring (bicyclic) bond motifs is 1. The predicted octanol–water partition coefficient (Wildman–Crippen LogP) is 3.41. The minimum Gasteiger partial charge on any atom is -0.489 e. The highest BCUT2D eigenvalue weighted by Gasteiger charge is 2.34. The lowest BCUT2D eigenvalue weighted by Gasteiger charge is -2.27. The molecule has 4 rings (SSSR count). The Morgan fingerprint density at radius 2 is 1.83 bits per heavy atom. The smallest absolute Gasteiger partial charge is 0.338 e. The number of nitrogens with one attached hydrogen (secondary N) is 1. The second-order valence-corrected chi connectivity index (χ2v) is 7.08. The largest absolute Gasteiger partial charge is 0.489 e. The average Bonchev–Trinajstić information content (AvgIpc) is 3.21. The number of hydrogen-bond donors (Lipinski definition) is 1. The number of anilines is 1. The minimum atomic E-state index is -0.485. The molecule has 0 fully saturated rings. The molecule has 0 saturated carbocycles. The second kappa shape index (κ2) is 8.36. The molecule has 0 saturated heterocycles. The first-order valence-corrected chi connectivity index (χ1v) is 9.78. The van der Waals surface area contributed by atoms with Crippen LogP contribution < -0.4 is 10.1 Å². The van der Waals surface area contributed by atoms with Crippen LogP contribution in [-0.2, 0) is 16.1 Å². The van der Waals surface area contributed by atoms with Crippen molar-refractivity contribution in [3.05, 3.63) is 76.5 Å². The summed E-state index contributed by atoms with van der Waals surface area (Å²) in [6.07, 6.45) is 0. The van der Waals surface area contributed by atoms with E-state index in [0.29, 0.717) is 23.8 Å². The fourth-order valence-electron chi connectivity index (χ4n) is 3.39. The first kappa shape index (κ1) is 19.6. The number of ether oxygens (including phenoxy) is 2. The molecule has 1 unspecified atom stereocenters. The van der Waals surface area contributed by atoms with Gasteiger partial charge in [0.15, 0.2) is 0 Å². The van der Waals surface area contributed by atoms with Crippen molar-refractivity contribution < 1.29 is 14.3 Å². The average molecular weight is 405 g/mol. The number of benzene rings is 2. The zero-order valence-electron chi connectivity index (χ0n) is 17.1. The number of tetrazole rings is 1. The van der Waals surface area contributed by atoms with E-state index in [2.05, 4.69) is 52.0 Å². The van der Waals surface area contributed by atoms with E-state index in [1.54, 1.807) is 11.6 Å². The van der Waals surface area contributed by atoms with E-state index in [0.717, 1.165) is 16.9 Å². The zero-order chi connectivity index (χ0) is 21.1. The second-order valence-electron chi connectivity index (χ2n) is 7.08. The first-order chi connectivity index (χ1) is 14.6. The van der Waals surface area contributed by atoms with Crippen molar-refractivity contribution in [1.29, 1.82) is 0 Å². The Kier molecular flexibility index (Phi) is 5.47. The third kappa shape index (κ3) is 3.89. The van der Waals surface area contributed by atoms with E-state index in [-0.39, 0.29) is 6.61 Å². The summed E-state index contributed by atoms with van der Waals surface area (Å²) in [5, 5.41) is 14.9. The van der Waals surface area contributed by atoms with Gasteiger partial charge in [0, 0.05) is 5.70 Å². The molecule has 30 heavy (non-hydrogen) atoms. The number of aryl methyl sites for hydroxylation is 1. The normalized spacial score (nSPS) is 15.4. The van der Waals surface area contributed by atoms with E-state index in [4.69, 9.17) is 9.47 Å². The Hall–Kier alpha value is -3.68. The van der Waals surface area contributed by atoms with Gasteiger partial charge in [-0.05, 0) is 54.5 Å². The van der Waals surface area contributed by atoms with E-state index >= 15 is 0 Å². The molecule has 154 valence electrons. The van der Waals surface area contributed by atoms with Crippen LogP contribution in [0.15, 0.2) is 59.8 Å². The van der Waals surface area contributed by atoms with Crippen molar-refractivity contribution in [3.8, 4) is 5.75 Å². The van der Waals surface area contributed by atoms with Gasteiger partial charge < -0.3 is 14.8 Å². The topological polar surface area (TPSA) is 91.2 Å². The molecule has 1 aliphatic rings. The summed E-state index contributed by atoms with van der Waals surface area (Å²) in [5.74, 6) is 0.821. The molecule has 1 atom stereocenters. The van der Waals surface area contributed by atoms with Crippen LogP contribution in [0.4, 0.5) is 5.95 Å². The molecule has 0 amide bonds.